The van der Waals surface area contributed by atoms with Crippen LogP contribution in [-0.4, -0.2) is 38.6 Å². The fraction of sp³-hybridized carbons (Fsp3) is 0.350. The molecule has 0 aromatic heterocycles. The number of carbonyl (C=O) groups is 2. The summed E-state index contributed by atoms with van der Waals surface area (Å²) >= 11 is 0. The van der Waals surface area contributed by atoms with Crippen LogP contribution >= 0.6 is 0 Å². The van der Waals surface area contributed by atoms with Crippen LogP contribution in [0.5, 0.6) is 0 Å². The Morgan fingerprint density at radius 3 is 0.872 bits per heavy atom. The highest BCUT2D eigenvalue weighted by atomic mass is 16.5. The van der Waals surface area contributed by atoms with Gasteiger partial charge in [-0.1, -0.05) is 254 Å². The molecule has 2 aliphatic rings. The van der Waals surface area contributed by atoms with Crippen LogP contribution in [-0.2, 0) is 42.0 Å². The van der Waals surface area contributed by atoms with Crippen LogP contribution in [0, 0.1) is 23.7 Å². The van der Waals surface area contributed by atoms with Crippen LogP contribution < -0.4 is 32.8 Å². The second-order valence-corrected chi connectivity index (χ2v) is 29.9. The maximum atomic E-state index is 12.5. The van der Waals surface area contributed by atoms with E-state index in [0.717, 1.165) is 33.4 Å². The third kappa shape index (κ3) is 13.3. The summed E-state index contributed by atoms with van der Waals surface area (Å²) in [6, 6.07) is 43.5. The van der Waals surface area contributed by atoms with Gasteiger partial charge in [-0.15, -0.1) is 0 Å². The van der Waals surface area contributed by atoms with Gasteiger partial charge < -0.3 is 9.47 Å². The summed E-state index contributed by atoms with van der Waals surface area (Å²) in [5.41, 5.74) is 24.0. The van der Waals surface area contributed by atoms with Gasteiger partial charge in [0, 0.05) is 22.3 Å². The first-order chi connectivity index (χ1) is 40.1. The summed E-state index contributed by atoms with van der Waals surface area (Å²) in [5, 5.41) is 0. The van der Waals surface area contributed by atoms with Crippen molar-refractivity contribution in [2.45, 2.75) is 171 Å². The second-order valence-electron chi connectivity index (χ2n) is 29.9. The summed E-state index contributed by atoms with van der Waals surface area (Å²) in [5.74, 6) is 13.2. The zero-order valence-corrected chi connectivity index (χ0v) is 55.1. The highest BCUT2D eigenvalue weighted by Gasteiger charge is 2.42. The fourth-order valence-electron chi connectivity index (χ4n) is 12.3. The maximum Gasteiger partial charge on any atom is 0.338 e. The van der Waals surface area contributed by atoms with Gasteiger partial charge >= 0.3 is 11.9 Å². The van der Waals surface area contributed by atoms with Gasteiger partial charge in [-0.2, -0.15) is 0 Å². The molecule has 9 rings (SSSR count). The minimum absolute atomic E-state index is 0.0798. The van der Waals surface area contributed by atoms with Gasteiger partial charge in [0.05, 0.1) is 24.3 Å². The zero-order valence-electron chi connectivity index (χ0n) is 55.1. The van der Waals surface area contributed by atoms with Gasteiger partial charge in [-0.3, -0.25) is 0 Å². The summed E-state index contributed by atoms with van der Waals surface area (Å²) in [7, 11) is 0. The molecule has 0 radical (unpaired) electrons. The van der Waals surface area contributed by atoms with Crippen molar-refractivity contribution in [3.63, 3.8) is 0 Å². The Kier molecular flexibility index (Phi) is 17.1. The first-order valence-corrected chi connectivity index (χ1v) is 30.9. The van der Waals surface area contributed by atoms with E-state index in [9.17, 15) is 9.59 Å². The molecule has 7 aromatic carbocycles. The molecule has 0 amide bonds. The van der Waals surface area contributed by atoms with Crippen LogP contribution in [0.3, 0.4) is 0 Å². The second kappa shape index (κ2) is 23.5. The molecular weight excluding hydrogens is 1050 g/mol. The van der Waals surface area contributed by atoms with E-state index < -0.39 is 0 Å². The lowest BCUT2D eigenvalue weighted by Crippen LogP contribution is -2.60. The number of rotatable bonds is 6. The number of hydrogen-bond donors (Lipinski definition) is 0. The lowest BCUT2D eigenvalue weighted by atomic mass is 9.31. The summed E-state index contributed by atoms with van der Waals surface area (Å²) in [6.45, 7) is 46.6. The van der Waals surface area contributed by atoms with E-state index in [1.165, 1.54) is 77.3 Å². The predicted molar refractivity (Wildman–Crippen MR) is 368 cm³/mol. The fourth-order valence-corrected chi connectivity index (χ4v) is 12.3. The molecule has 0 bridgehead atoms. The molecule has 0 saturated heterocycles. The van der Waals surface area contributed by atoms with Crippen molar-refractivity contribution in [3.05, 3.63) is 210 Å². The highest BCUT2D eigenvalue weighted by molar-refractivity contribution is 6.99. The summed E-state index contributed by atoms with van der Waals surface area (Å²) in [6.07, 6.45) is 9.42. The van der Waals surface area contributed by atoms with Crippen molar-refractivity contribution in [2.24, 2.45) is 0 Å². The van der Waals surface area contributed by atoms with Gasteiger partial charge in [0.15, 0.2) is 0 Å². The van der Waals surface area contributed by atoms with Crippen molar-refractivity contribution >= 4 is 82.4 Å². The van der Waals surface area contributed by atoms with Gasteiger partial charge in [0.25, 0.3) is 0 Å². The molecule has 0 fully saturated rings. The average molecular weight is 1140 g/mol. The molecule has 2 heterocycles. The number of esters is 2. The molecule has 0 saturated carbocycles. The lowest BCUT2D eigenvalue weighted by Gasteiger charge is -2.37. The maximum absolute atomic E-state index is 12.5. The molecule has 2 aliphatic heterocycles. The van der Waals surface area contributed by atoms with Crippen molar-refractivity contribution in [2.75, 3.05) is 13.2 Å². The molecular formula is C80H88B2O4. The minimum atomic E-state index is -0.334. The third-order valence-corrected chi connectivity index (χ3v) is 17.0. The smallest absolute Gasteiger partial charge is 0.338 e. The van der Waals surface area contributed by atoms with Crippen molar-refractivity contribution in [3.8, 4) is 23.7 Å². The summed E-state index contributed by atoms with van der Waals surface area (Å²) in [4.78, 5) is 25.0. The van der Waals surface area contributed by atoms with E-state index in [2.05, 4.69) is 245 Å². The zero-order chi connectivity index (χ0) is 62.6. The van der Waals surface area contributed by atoms with Gasteiger partial charge in [-0.25, -0.2) is 9.59 Å². The molecule has 4 nitrogen and oxygen atoms in total. The van der Waals surface area contributed by atoms with Crippen LogP contribution in [0.4, 0.5) is 0 Å². The van der Waals surface area contributed by atoms with Crippen molar-refractivity contribution in [1.82, 2.24) is 0 Å². The van der Waals surface area contributed by atoms with Crippen molar-refractivity contribution in [1.29, 1.82) is 0 Å². The van der Waals surface area contributed by atoms with Crippen LogP contribution in [0.2, 0.25) is 0 Å². The van der Waals surface area contributed by atoms with E-state index in [1.807, 2.05) is 38.1 Å². The van der Waals surface area contributed by atoms with E-state index in [-0.39, 0.29) is 57.9 Å². The molecule has 6 heteroatoms. The largest absolute Gasteiger partial charge is 0.462 e. The molecule has 0 spiro atoms. The first-order valence-electron chi connectivity index (χ1n) is 30.9. The molecule has 0 unspecified atom stereocenters. The van der Waals surface area contributed by atoms with E-state index in [0.29, 0.717) is 24.3 Å². The number of fused-ring (bicyclic) bond motifs is 4. The molecule has 7 aromatic rings. The minimum Gasteiger partial charge on any atom is -0.462 e. The number of benzene rings is 7. The van der Waals surface area contributed by atoms with Gasteiger partial charge in [-0.05, 0) is 175 Å². The monoisotopic (exact) mass is 1130 g/mol. The van der Waals surface area contributed by atoms with Crippen LogP contribution in [0.15, 0.2) is 121 Å². The van der Waals surface area contributed by atoms with Crippen LogP contribution in [0.1, 0.15) is 237 Å². The molecule has 0 N–H and O–H groups in total. The molecule has 438 valence electrons. The van der Waals surface area contributed by atoms with E-state index in [4.69, 9.17) is 9.47 Å². The Labute approximate surface area is 516 Å². The number of carbonyl (C=O) groups excluding carboxylic acids is 2. The average Bonchev–Trinajstić information content (AvgIpc) is 1.21. The summed E-state index contributed by atoms with van der Waals surface area (Å²) < 4.78 is 10.5. The molecule has 86 heavy (non-hydrogen) atoms. The third-order valence-electron chi connectivity index (χ3n) is 17.0. The number of hydrogen-bond acceptors (Lipinski definition) is 4. The van der Waals surface area contributed by atoms with Gasteiger partial charge in [0.1, 0.15) is 0 Å². The number of ether oxygens (including phenoxy) is 2. The Morgan fingerprint density at radius 1 is 0.337 bits per heavy atom. The topological polar surface area (TPSA) is 52.6 Å². The Bertz CT molecular complexity index is 3660. The Morgan fingerprint density at radius 2 is 0.605 bits per heavy atom. The van der Waals surface area contributed by atoms with Gasteiger partial charge in [0.2, 0.25) is 13.4 Å². The quantitative estimate of drug-likeness (QED) is 0.0946. The standard InChI is InChI=1S/C80H88B2O4/c1-21-85-73(83)55-33-27-51(28-34-55)23-25-53-31-41-67-57(43-53)37-39-59-45-70-60(46-69(59)81(67)71-63(77(9,10)11)47-61(75(3,4)5)48-64(71)78(12,13)14)40-38-58-44-54(26-24-52-29-35-56(36-30-52)74(84)86-22-2)32-42-68(58)82(70)72-65(79(15,16)17)49-62(76(6,7)8)50-66(72)80(18,19)20/h27-50H,21-22H2,1-20H3. The Hall–Kier alpha value is -7.79. The first kappa shape index (κ1) is 62.7. The predicted octanol–water partition coefficient (Wildman–Crippen LogP) is 14.6. The highest BCUT2D eigenvalue weighted by Crippen LogP contribution is 2.37. The lowest BCUT2D eigenvalue weighted by molar-refractivity contribution is 0.0516. The molecule has 0 aliphatic carbocycles. The van der Waals surface area contributed by atoms with Crippen molar-refractivity contribution < 1.29 is 19.1 Å². The Balaban J connectivity index is 1.34. The van der Waals surface area contributed by atoms with E-state index >= 15 is 0 Å². The SMILES string of the molecule is CCOC(=O)c1ccc(C#Cc2ccc3c(c2)C=Cc2cc4c(cc2B3c2c(C(C)(C)C)cc(C(C)(C)C)cc2C(C)(C)C)C=Cc2cc(C#Cc3ccc(C(=O)OCC)cc3)ccc2B4c2c(C(C)(C)C)cc(C(C)(C)C)cc2C(C)(C)C)cc1. The molecule has 0 atom stereocenters. The van der Waals surface area contributed by atoms with E-state index in [1.54, 1.807) is 24.3 Å². The normalized spacial score (nSPS) is 13.2. The van der Waals surface area contributed by atoms with Crippen LogP contribution in [0.25, 0.3) is 24.3 Å².